The van der Waals surface area contributed by atoms with E-state index in [9.17, 15) is 4.79 Å². The Bertz CT molecular complexity index is 1190. The van der Waals surface area contributed by atoms with Crippen molar-refractivity contribution in [3.8, 4) is 22.6 Å². The molecule has 1 N–H and O–H groups in total. The van der Waals surface area contributed by atoms with Gasteiger partial charge in [0.15, 0.2) is 17.4 Å². The molecule has 29 heavy (non-hydrogen) atoms. The number of furan rings is 1. The van der Waals surface area contributed by atoms with Gasteiger partial charge in [-0.15, -0.1) is 11.3 Å². The quantitative estimate of drug-likeness (QED) is 0.389. The number of hydrazone groups is 1. The molecule has 0 radical (unpaired) electrons. The lowest BCUT2D eigenvalue weighted by atomic mass is 10.2. The zero-order chi connectivity index (χ0) is 20.1. The zero-order valence-corrected chi connectivity index (χ0v) is 15.8. The minimum Gasteiger partial charge on any atom is -0.484 e. The van der Waals surface area contributed by atoms with Gasteiger partial charge in [-0.25, -0.2) is 10.4 Å². The van der Waals surface area contributed by atoms with E-state index in [1.807, 2.05) is 36.4 Å². The Morgan fingerprint density at radius 3 is 2.83 bits per heavy atom. The lowest BCUT2D eigenvalue weighted by Crippen LogP contribution is -2.24. The Morgan fingerprint density at radius 1 is 1.21 bits per heavy atom. The number of nitrogens with one attached hydrogen (secondary N) is 1. The summed E-state index contributed by atoms with van der Waals surface area (Å²) in [6.07, 6.45) is 1.41. The van der Waals surface area contributed by atoms with Crippen molar-refractivity contribution >= 4 is 33.7 Å². The van der Waals surface area contributed by atoms with Crippen molar-refractivity contribution in [2.24, 2.45) is 5.10 Å². The number of carbonyl (C=O) groups excluding carboxylic acids is 1. The van der Waals surface area contributed by atoms with Gasteiger partial charge < -0.3 is 9.15 Å². The molecule has 0 aliphatic rings. The first-order valence-electron chi connectivity index (χ1n) is 8.62. The summed E-state index contributed by atoms with van der Waals surface area (Å²) in [5, 5.41) is 13.4. The second-order valence-corrected chi connectivity index (χ2v) is 6.94. The summed E-state index contributed by atoms with van der Waals surface area (Å²) in [5.74, 6) is 1.22. The molecule has 142 valence electrons. The van der Waals surface area contributed by atoms with Crippen molar-refractivity contribution in [1.29, 1.82) is 5.26 Å². The van der Waals surface area contributed by atoms with E-state index in [0.29, 0.717) is 22.8 Å². The Kier molecular flexibility index (Phi) is 5.31. The lowest BCUT2D eigenvalue weighted by Gasteiger charge is -2.04. The number of nitrogens with zero attached hydrogens (tertiary/aromatic N) is 3. The average Bonchev–Trinajstić information content (AvgIpc) is 3.39. The van der Waals surface area contributed by atoms with E-state index in [2.05, 4.69) is 15.5 Å². The largest absolute Gasteiger partial charge is 0.484 e. The van der Waals surface area contributed by atoms with Crippen LogP contribution in [0.3, 0.4) is 0 Å². The number of rotatable bonds is 6. The van der Waals surface area contributed by atoms with Gasteiger partial charge in [-0.05, 0) is 48.5 Å². The molecule has 4 rings (SSSR count). The highest BCUT2D eigenvalue weighted by atomic mass is 32.1. The van der Waals surface area contributed by atoms with Gasteiger partial charge in [-0.2, -0.15) is 10.4 Å². The van der Waals surface area contributed by atoms with Gasteiger partial charge in [0.25, 0.3) is 5.91 Å². The second kappa shape index (κ2) is 8.37. The molecule has 0 aliphatic carbocycles. The molecule has 2 aromatic heterocycles. The number of thiazole rings is 1. The van der Waals surface area contributed by atoms with Gasteiger partial charge in [-0.1, -0.05) is 12.1 Å². The molecule has 7 nitrogen and oxygen atoms in total. The highest BCUT2D eigenvalue weighted by molar-refractivity contribution is 7.21. The zero-order valence-electron chi connectivity index (χ0n) is 15.0. The Labute approximate surface area is 169 Å². The highest BCUT2D eigenvalue weighted by Crippen LogP contribution is 2.30. The summed E-state index contributed by atoms with van der Waals surface area (Å²) < 4.78 is 12.1. The summed E-state index contributed by atoms with van der Waals surface area (Å²) in [4.78, 5) is 16.4. The summed E-state index contributed by atoms with van der Waals surface area (Å²) in [6, 6.07) is 20.0. The number of ether oxygens (including phenoxy) is 1. The van der Waals surface area contributed by atoms with E-state index in [-0.39, 0.29) is 6.61 Å². The van der Waals surface area contributed by atoms with Gasteiger partial charge in [0.1, 0.15) is 11.5 Å². The van der Waals surface area contributed by atoms with E-state index in [1.165, 1.54) is 6.21 Å². The van der Waals surface area contributed by atoms with Crippen molar-refractivity contribution < 1.29 is 13.9 Å². The molecule has 0 saturated carbocycles. The molecule has 0 unspecified atom stereocenters. The predicted molar refractivity (Wildman–Crippen MR) is 110 cm³/mol. The van der Waals surface area contributed by atoms with E-state index in [4.69, 9.17) is 14.4 Å². The van der Waals surface area contributed by atoms with Crippen LogP contribution in [0, 0.1) is 11.3 Å². The van der Waals surface area contributed by atoms with Crippen LogP contribution >= 0.6 is 11.3 Å². The van der Waals surface area contributed by atoms with Gasteiger partial charge in [0.2, 0.25) is 0 Å². The van der Waals surface area contributed by atoms with Crippen molar-refractivity contribution in [3.05, 3.63) is 72.0 Å². The standard InChI is InChI=1S/C21H14N4O3S/c22-11-14-5-7-15(8-6-14)27-13-20(26)25-23-12-16-9-10-18(28-16)21-24-17-3-1-2-4-19(17)29-21/h1-10,12H,13H2,(H,25,26)/b23-12-. The number of benzene rings is 2. The van der Waals surface area contributed by atoms with Crippen molar-refractivity contribution in [1.82, 2.24) is 10.4 Å². The van der Waals surface area contributed by atoms with Gasteiger partial charge in [0.05, 0.1) is 28.1 Å². The van der Waals surface area contributed by atoms with E-state index in [0.717, 1.165) is 15.2 Å². The maximum absolute atomic E-state index is 11.8. The molecule has 0 atom stereocenters. The molecule has 2 aromatic carbocycles. The van der Waals surface area contributed by atoms with Crippen molar-refractivity contribution in [3.63, 3.8) is 0 Å². The number of amides is 1. The molecule has 0 saturated heterocycles. The normalized spacial score (nSPS) is 10.9. The first-order valence-corrected chi connectivity index (χ1v) is 9.43. The number of para-hydroxylation sites is 1. The van der Waals surface area contributed by atoms with Gasteiger partial charge >= 0.3 is 0 Å². The minimum absolute atomic E-state index is 0.196. The molecule has 2 heterocycles. The monoisotopic (exact) mass is 402 g/mol. The van der Waals surface area contributed by atoms with Gasteiger partial charge in [0, 0.05) is 0 Å². The first-order chi connectivity index (χ1) is 14.2. The summed E-state index contributed by atoms with van der Waals surface area (Å²) in [6.45, 7) is -0.196. The molecule has 1 amide bonds. The predicted octanol–water partition coefficient (Wildman–Crippen LogP) is 3.96. The van der Waals surface area contributed by atoms with Gasteiger partial charge in [-0.3, -0.25) is 4.79 Å². The summed E-state index contributed by atoms with van der Waals surface area (Å²) in [7, 11) is 0. The Morgan fingerprint density at radius 2 is 2.03 bits per heavy atom. The average molecular weight is 402 g/mol. The summed E-state index contributed by atoms with van der Waals surface area (Å²) >= 11 is 1.55. The van der Waals surface area contributed by atoms with Crippen LogP contribution in [0.2, 0.25) is 0 Å². The van der Waals surface area contributed by atoms with Crippen molar-refractivity contribution in [2.45, 2.75) is 0 Å². The number of hydrogen-bond acceptors (Lipinski definition) is 7. The third kappa shape index (κ3) is 4.48. The number of hydrogen-bond donors (Lipinski definition) is 1. The van der Waals surface area contributed by atoms with E-state index >= 15 is 0 Å². The maximum Gasteiger partial charge on any atom is 0.277 e. The smallest absolute Gasteiger partial charge is 0.277 e. The molecule has 0 spiro atoms. The fraction of sp³-hybridized carbons (Fsp3) is 0.0476. The minimum atomic E-state index is -0.413. The molecular formula is C21H14N4O3S. The van der Waals surface area contributed by atoms with Crippen molar-refractivity contribution in [2.75, 3.05) is 6.61 Å². The Hall–Kier alpha value is -3.96. The molecule has 8 heteroatoms. The molecule has 4 aromatic rings. The number of nitriles is 1. The van der Waals surface area contributed by atoms with Crippen LogP contribution in [0.5, 0.6) is 5.75 Å². The van der Waals surface area contributed by atoms with Crippen LogP contribution in [-0.2, 0) is 4.79 Å². The molecule has 0 fully saturated rings. The van der Waals surface area contributed by atoms with E-state index < -0.39 is 5.91 Å². The van der Waals surface area contributed by atoms with E-state index in [1.54, 1.807) is 41.7 Å². The van der Waals surface area contributed by atoms with Crippen LogP contribution in [-0.4, -0.2) is 23.7 Å². The third-order valence-electron chi connectivity index (χ3n) is 3.87. The van der Waals surface area contributed by atoms with Crippen LogP contribution in [0.15, 0.2) is 70.2 Å². The lowest BCUT2D eigenvalue weighted by molar-refractivity contribution is -0.123. The van der Waals surface area contributed by atoms with Crippen LogP contribution in [0.4, 0.5) is 0 Å². The van der Waals surface area contributed by atoms with Crippen LogP contribution < -0.4 is 10.2 Å². The molecule has 0 aliphatic heterocycles. The molecular weight excluding hydrogens is 388 g/mol. The maximum atomic E-state index is 11.8. The molecule has 0 bridgehead atoms. The third-order valence-corrected chi connectivity index (χ3v) is 4.92. The number of carbonyl (C=O) groups is 1. The van der Waals surface area contributed by atoms with Crippen LogP contribution in [0.25, 0.3) is 21.0 Å². The fourth-order valence-corrected chi connectivity index (χ4v) is 3.42. The second-order valence-electron chi connectivity index (χ2n) is 5.91. The Balaban J connectivity index is 1.31. The number of fused-ring (bicyclic) bond motifs is 1. The summed E-state index contributed by atoms with van der Waals surface area (Å²) in [5.41, 5.74) is 3.82. The topological polar surface area (TPSA) is 101 Å². The SMILES string of the molecule is N#Cc1ccc(OCC(=O)N/N=C\c2ccc(-c3nc4ccccc4s3)o2)cc1. The number of aromatic nitrogens is 1. The fourth-order valence-electron chi connectivity index (χ4n) is 2.49. The highest BCUT2D eigenvalue weighted by Gasteiger charge is 2.09. The first kappa shape index (κ1) is 18.4. The van der Waals surface area contributed by atoms with Crippen LogP contribution in [0.1, 0.15) is 11.3 Å².